The summed E-state index contributed by atoms with van der Waals surface area (Å²) >= 11 is 0. The Bertz CT molecular complexity index is 387. The summed E-state index contributed by atoms with van der Waals surface area (Å²) in [5.41, 5.74) is 0.230. The van der Waals surface area contributed by atoms with E-state index in [0.29, 0.717) is 18.7 Å². The topological polar surface area (TPSA) is 12.5 Å². The van der Waals surface area contributed by atoms with E-state index >= 15 is 0 Å². The van der Waals surface area contributed by atoms with Crippen LogP contribution >= 0.6 is 0 Å². The zero-order valence-electron chi connectivity index (χ0n) is 11.9. The van der Waals surface area contributed by atoms with Gasteiger partial charge in [0.05, 0.1) is 6.73 Å². The number of alkyl halides is 3. The van der Waals surface area contributed by atoms with Gasteiger partial charge in [-0.2, -0.15) is 13.2 Å². The molecule has 1 fully saturated rings. The minimum absolute atomic E-state index is 0.0324. The molecule has 0 aromatic rings. The summed E-state index contributed by atoms with van der Waals surface area (Å²) in [5.74, 6) is 0.0324. The molecule has 1 saturated heterocycles. The smallest absolute Gasteiger partial charge is 0.369 e. The number of hydrogen-bond donors (Lipinski definition) is 0. The number of likely N-dealkylation sites (tertiary alicyclic amines) is 1. The Balaban J connectivity index is 2.13. The van der Waals surface area contributed by atoms with Crippen molar-refractivity contribution in [3.05, 3.63) is 23.3 Å². The van der Waals surface area contributed by atoms with E-state index in [4.69, 9.17) is 4.74 Å². The second-order valence-electron chi connectivity index (χ2n) is 5.54. The number of rotatable bonds is 3. The number of halogens is 3. The predicted octanol–water partition coefficient (Wildman–Crippen LogP) is 3.90. The highest BCUT2D eigenvalue weighted by Gasteiger charge is 2.37. The third-order valence-electron chi connectivity index (χ3n) is 4.12. The summed E-state index contributed by atoms with van der Waals surface area (Å²) in [6.45, 7) is 2.28. The predicted molar refractivity (Wildman–Crippen MR) is 72.2 cm³/mol. The van der Waals surface area contributed by atoms with E-state index in [0.717, 1.165) is 32.4 Å². The van der Waals surface area contributed by atoms with Gasteiger partial charge in [-0.15, -0.1) is 0 Å². The van der Waals surface area contributed by atoms with Crippen LogP contribution in [0.3, 0.4) is 0 Å². The standard InChI is InChI=1S/C15H22F3NO/c1-20-11-19-9-4-5-12(8-10-19)13-6-2-3-7-14(13)15(16,17)18/h2,6,12H,3-5,7-11H2,1H3. The van der Waals surface area contributed by atoms with Crippen LogP contribution in [0.4, 0.5) is 13.2 Å². The van der Waals surface area contributed by atoms with Crippen molar-refractivity contribution in [3.63, 3.8) is 0 Å². The molecular weight excluding hydrogens is 267 g/mol. The first-order valence-corrected chi connectivity index (χ1v) is 7.20. The van der Waals surface area contributed by atoms with Gasteiger partial charge in [0, 0.05) is 25.8 Å². The fourth-order valence-electron chi connectivity index (χ4n) is 3.15. The Hall–Kier alpha value is -0.810. The molecule has 0 spiro atoms. The van der Waals surface area contributed by atoms with Gasteiger partial charge in [0.25, 0.3) is 0 Å². The van der Waals surface area contributed by atoms with E-state index in [9.17, 15) is 13.2 Å². The number of hydrogen-bond acceptors (Lipinski definition) is 2. The van der Waals surface area contributed by atoms with Crippen molar-refractivity contribution >= 4 is 0 Å². The molecule has 2 aliphatic rings. The minimum atomic E-state index is -4.18. The molecule has 0 N–H and O–H groups in total. The largest absolute Gasteiger partial charge is 0.412 e. The molecule has 114 valence electrons. The van der Waals surface area contributed by atoms with Crippen molar-refractivity contribution in [2.75, 3.05) is 26.9 Å². The quantitative estimate of drug-likeness (QED) is 0.781. The normalized spacial score (nSPS) is 25.9. The summed E-state index contributed by atoms with van der Waals surface area (Å²) in [5, 5.41) is 0. The summed E-state index contributed by atoms with van der Waals surface area (Å²) < 4.78 is 44.5. The van der Waals surface area contributed by atoms with E-state index in [-0.39, 0.29) is 17.9 Å². The highest BCUT2D eigenvalue weighted by molar-refractivity contribution is 5.34. The Morgan fingerprint density at radius 2 is 2.10 bits per heavy atom. The van der Waals surface area contributed by atoms with Crippen molar-refractivity contribution in [3.8, 4) is 0 Å². The van der Waals surface area contributed by atoms with Crippen molar-refractivity contribution in [1.82, 2.24) is 4.90 Å². The highest BCUT2D eigenvalue weighted by Crippen LogP contribution is 2.39. The van der Waals surface area contributed by atoms with Crippen molar-refractivity contribution < 1.29 is 17.9 Å². The maximum absolute atomic E-state index is 13.1. The molecule has 0 aromatic heterocycles. The van der Waals surface area contributed by atoms with Crippen LogP contribution in [-0.2, 0) is 4.74 Å². The van der Waals surface area contributed by atoms with E-state index in [1.54, 1.807) is 13.2 Å². The molecule has 1 atom stereocenters. The average molecular weight is 289 g/mol. The SMILES string of the molecule is COCN1CCCC(C2=C(C(F)(F)F)CCC=C2)CC1. The lowest BCUT2D eigenvalue weighted by Crippen LogP contribution is -2.27. The maximum atomic E-state index is 13.1. The molecule has 0 bridgehead atoms. The Morgan fingerprint density at radius 1 is 1.30 bits per heavy atom. The fraction of sp³-hybridized carbons (Fsp3) is 0.733. The van der Waals surface area contributed by atoms with Crippen molar-refractivity contribution in [1.29, 1.82) is 0 Å². The van der Waals surface area contributed by atoms with E-state index in [1.807, 2.05) is 6.08 Å². The molecule has 0 radical (unpaired) electrons. The molecular formula is C15H22F3NO. The molecule has 0 saturated carbocycles. The first-order valence-electron chi connectivity index (χ1n) is 7.20. The Labute approximate surface area is 118 Å². The lowest BCUT2D eigenvalue weighted by molar-refractivity contribution is -0.0952. The molecule has 20 heavy (non-hydrogen) atoms. The molecule has 5 heteroatoms. The molecule has 2 rings (SSSR count). The molecule has 2 nitrogen and oxygen atoms in total. The lowest BCUT2D eigenvalue weighted by atomic mass is 9.84. The van der Waals surface area contributed by atoms with Crippen LogP contribution < -0.4 is 0 Å². The lowest BCUT2D eigenvalue weighted by Gasteiger charge is -2.25. The number of ether oxygens (including phenoxy) is 1. The summed E-state index contributed by atoms with van der Waals surface area (Å²) in [6, 6.07) is 0. The number of nitrogens with zero attached hydrogens (tertiary/aromatic N) is 1. The van der Waals surface area contributed by atoms with Gasteiger partial charge in [0.1, 0.15) is 0 Å². The second kappa shape index (κ2) is 6.76. The van der Waals surface area contributed by atoms with Crippen LogP contribution in [0.2, 0.25) is 0 Å². The molecule has 0 amide bonds. The van der Waals surface area contributed by atoms with E-state index in [1.165, 1.54) is 0 Å². The van der Waals surface area contributed by atoms with Crippen LogP contribution in [0, 0.1) is 5.92 Å². The van der Waals surface area contributed by atoms with Gasteiger partial charge < -0.3 is 4.74 Å². The van der Waals surface area contributed by atoms with Crippen LogP contribution in [-0.4, -0.2) is 38.0 Å². The van der Waals surface area contributed by atoms with E-state index in [2.05, 4.69) is 4.90 Å². The van der Waals surface area contributed by atoms with E-state index < -0.39 is 6.18 Å². The highest BCUT2D eigenvalue weighted by atomic mass is 19.4. The number of allylic oxidation sites excluding steroid dienone is 4. The van der Waals surface area contributed by atoms with Gasteiger partial charge in [-0.1, -0.05) is 12.2 Å². The molecule has 1 heterocycles. The average Bonchev–Trinajstić information content (AvgIpc) is 2.64. The third kappa shape index (κ3) is 3.85. The first-order chi connectivity index (χ1) is 9.52. The summed E-state index contributed by atoms with van der Waals surface area (Å²) in [4.78, 5) is 2.17. The van der Waals surface area contributed by atoms with Gasteiger partial charge >= 0.3 is 6.18 Å². The van der Waals surface area contributed by atoms with Crippen molar-refractivity contribution in [2.45, 2.75) is 38.3 Å². The van der Waals surface area contributed by atoms with Gasteiger partial charge in [-0.05, 0) is 43.6 Å². The van der Waals surface area contributed by atoms with Gasteiger partial charge in [0.15, 0.2) is 0 Å². The van der Waals surface area contributed by atoms with Crippen LogP contribution in [0.15, 0.2) is 23.3 Å². The van der Waals surface area contributed by atoms with Gasteiger partial charge in [-0.3, -0.25) is 4.90 Å². The Kier molecular flexibility index (Phi) is 5.27. The minimum Gasteiger partial charge on any atom is -0.369 e. The Morgan fingerprint density at radius 3 is 2.80 bits per heavy atom. The second-order valence-corrected chi connectivity index (χ2v) is 5.54. The van der Waals surface area contributed by atoms with Crippen molar-refractivity contribution in [2.24, 2.45) is 5.92 Å². The van der Waals surface area contributed by atoms with Crippen LogP contribution in [0.25, 0.3) is 0 Å². The number of methoxy groups -OCH3 is 1. The maximum Gasteiger partial charge on any atom is 0.412 e. The molecule has 1 unspecified atom stereocenters. The molecule has 1 aliphatic heterocycles. The monoisotopic (exact) mass is 289 g/mol. The van der Waals surface area contributed by atoms with Crippen LogP contribution in [0.1, 0.15) is 32.1 Å². The zero-order valence-corrected chi connectivity index (χ0v) is 11.9. The third-order valence-corrected chi connectivity index (χ3v) is 4.12. The summed E-state index contributed by atoms with van der Waals surface area (Å²) in [7, 11) is 1.65. The molecule has 1 aliphatic carbocycles. The zero-order chi connectivity index (χ0) is 14.6. The summed E-state index contributed by atoms with van der Waals surface area (Å²) in [6.07, 6.45) is 2.58. The fourth-order valence-corrected chi connectivity index (χ4v) is 3.15. The first kappa shape index (κ1) is 15.6. The van der Waals surface area contributed by atoms with Gasteiger partial charge in [0.2, 0.25) is 0 Å². The molecule has 0 aromatic carbocycles. The van der Waals surface area contributed by atoms with Crippen LogP contribution in [0.5, 0.6) is 0 Å². The van der Waals surface area contributed by atoms with Gasteiger partial charge in [-0.25, -0.2) is 0 Å².